The number of aromatic nitrogens is 1. The maximum atomic E-state index is 14.0. The second-order valence-corrected chi connectivity index (χ2v) is 9.71. The zero-order valence-electron chi connectivity index (χ0n) is 18.0. The number of hydrogen-bond donors (Lipinski definition) is 0. The zero-order chi connectivity index (χ0) is 24.0. The first kappa shape index (κ1) is 23.0. The first-order chi connectivity index (χ1) is 16.3. The van der Waals surface area contributed by atoms with Crippen LogP contribution in [0.15, 0.2) is 84.9 Å². The molecule has 1 heterocycles. The number of halogens is 4. The van der Waals surface area contributed by atoms with Crippen molar-refractivity contribution in [1.29, 1.82) is 0 Å². The Labute approximate surface area is 217 Å². The van der Waals surface area contributed by atoms with E-state index in [1.807, 2.05) is 61.5 Å². The molecule has 0 saturated carbocycles. The number of aryl methyl sites for hydroxylation is 1. The summed E-state index contributed by atoms with van der Waals surface area (Å²) in [5, 5.41) is 16.8. The van der Waals surface area contributed by atoms with Gasteiger partial charge in [0.15, 0.2) is 0 Å². The number of benzene rings is 4. The second-order valence-electron chi connectivity index (χ2n) is 8.02. The van der Waals surface area contributed by atoms with Crippen molar-refractivity contribution in [3.8, 4) is 33.5 Å². The van der Waals surface area contributed by atoms with Gasteiger partial charge in [0, 0.05) is 21.7 Å². The highest BCUT2D eigenvalue weighted by Crippen LogP contribution is 2.46. The molecule has 0 amide bonds. The van der Waals surface area contributed by atoms with Crippen LogP contribution in [0.2, 0.25) is 20.1 Å². The largest absolute Gasteiger partial charge is 0.618 e. The molecule has 168 valence electrons. The van der Waals surface area contributed by atoms with Gasteiger partial charge in [-0.2, -0.15) is 4.73 Å². The molecule has 0 radical (unpaired) electrons. The normalized spacial score (nSPS) is 11.2. The summed E-state index contributed by atoms with van der Waals surface area (Å²) in [6.45, 7) is 2.00. The van der Waals surface area contributed by atoms with E-state index in [-0.39, 0.29) is 0 Å². The Balaban J connectivity index is 2.05. The van der Waals surface area contributed by atoms with Gasteiger partial charge in [-0.05, 0) is 60.5 Å². The Morgan fingerprint density at radius 2 is 1.15 bits per heavy atom. The highest BCUT2D eigenvalue weighted by atomic mass is 35.5. The van der Waals surface area contributed by atoms with Gasteiger partial charge in [0.2, 0.25) is 11.2 Å². The van der Waals surface area contributed by atoms with Crippen LogP contribution >= 0.6 is 46.4 Å². The SMILES string of the molecule is Cc1ccc2c(c1)c(-c1ccc(Cl)cc1)c(-c1ccc(Cl)cc1)c(-c1c(Cl)cccc1Cl)[n+]2[O-]. The summed E-state index contributed by atoms with van der Waals surface area (Å²) in [5.41, 5.74) is 5.72. The second kappa shape index (κ2) is 9.13. The lowest BCUT2D eigenvalue weighted by Crippen LogP contribution is -2.32. The summed E-state index contributed by atoms with van der Waals surface area (Å²) >= 11 is 25.7. The lowest BCUT2D eigenvalue weighted by atomic mass is 9.87. The maximum Gasteiger partial charge on any atom is 0.235 e. The number of pyridine rings is 1. The Hall–Kier alpha value is -2.75. The van der Waals surface area contributed by atoms with Gasteiger partial charge in [-0.1, -0.05) is 88.4 Å². The molecule has 0 aliphatic carbocycles. The Kier molecular flexibility index (Phi) is 6.18. The third-order valence-electron chi connectivity index (χ3n) is 5.80. The molecule has 0 bridgehead atoms. The molecule has 2 nitrogen and oxygen atoms in total. The number of rotatable bonds is 3. The fraction of sp³-hybridized carbons (Fsp3) is 0.0357. The van der Waals surface area contributed by atoms with E-state index in [1.54, 1.807) is 30.3 Å². The Morgan fingerprint density at radius 1 is 0.618 bits per heavy atom. The molecule has 0 N–H and O–H groups in total. The smallest absolute Gasteiger partial charge is 0.235 e. The predicted octanol–water partition coefficient (Wildman–Crippen LogP) is 9.40. The fourth-order valence-corrected chi connectivity index (χ4v) is 5.10. The van der Waals surface area contributed by atoms with Crippen LogP contribution in [-0.4, -0.2) is 0 Å². The monoisotopic (exact) mass is 523 g/mol. The van der Waals surface area contributed by atoms with Crippen molar-refractivity contribution in [3.63, 3.8) is 0 Å². The van der Waals surface area contributed by atoms with Gasteiger partial charge >= 0.3 is 0 Å². The van der Waals surface area contributed by atoms with Crippen molar-refractivity contribution in [2.24, 2.45) is 0 Å². The van der Waals surface area contributed by atoms with E-state index in [0.717, 1.165) is 32.4 Å². The highest BCUT2D eigenvalue weighted by Gasteiger charge is 2.29. The molecular formula is C28H17Cl4NO. The van der Waals surface area contributed by atoms with Gasteiger partial charge in [0.1, 0.15) is 0 Å². The highest BCUT2D eigenvalue weighted by molar-refractivity contribution is 6.39. The first-order valence-electron chi connectivity index (χ1n) is 10.5. The molecule has 34 heavy (non-hydrogen) atoms. The zero-order valence-corrected chi connectivity index (χ0v) is 21.0. The third kappa shape index (κ3) is 4.01. The van der Waals surface area contributed by atoms with Crippen LogP contribution < -0.4 is 4.73 Å². The van der Waals surface area contributed by atoms with E-state index >= 15 is 0 Å². The van der Waals surface area contributed by atoms with Crippen molar-refractivity contribution >= 4 is 57.3 Å². The van der Waals surface area contributed by atoms with Crippen LogP contribution in [-0.2, 0) is 0 Å². The molecule has 0 aliphatic rings. The van der Waals surface area contributed by atoms with Crippen LogP contribution in [0.25, 0.3) is 44.4 Å². The summed E-state index contributed by atoms with van der Waals surface area (Å²) in [6.07, 6.45) is 0. The van der Waals surface area contributed by atoms with Crippen LogP contribution in [0, 0.1) is 12.1 Å². The summed E-state index contributed by atoms with van der Waals surface area (Å²) in [4.78, 5) is 0. The number of fused-ring (bicyclic) bond motifs is 1. The van der Waals surface area contributed by atoms with E-state index in [9.17, 15) is 5.21 Å². The molecule has 1 aromatic heterocycles. The van der Waals surface area contributed by atoms with Gasteiger partial charge < -0.3 is 5.21 Å². The summed E-state index contributed by atoms with van der Waals surface area (Å²) in [5.74, 6) is 0. The summed E-state index contributed by atoms with van der Waals surface area (Å²) in [6, 6.07) is 26.0. The predicted molar refractivity (Wildman–Crippen MR) is 144 cm³/mol. The van der Waals surface area contributed by atoms with Gasteiger partial charge in [-0.15, -0.1) is 0 Å². The topological polar surface area (TPSA) is 26.9 Å². The van der Waals surface area contributed by atoms with Crippen molar-refractivity contribution < 1.29 is 4.73 Å². The average molecular weight is 525 g/mol. The molecule has 6 heteroatoms. The quantitative estimate of drug-likeness (QED) is 0.170. The molecule has 0 unspecified atom stereocenters. The summed E-state index contributed by atoms with van der Waals surface area (Å²) < 4.78 is 0.922. The van der Waals surface area contributed by atoms with Crippen LogP contribution in [0.1, 0.15) is 5.56 Å². The molecule has 0 spiro atoms. The molecule has 5 rings (SSSR count). The van der Waals surface area contributed by atoms with Crippen LogP contribution in [0.3, 0.4) is 0 Å². The molecule has 0 saturated heterocycles. The van der Waals surface area contributed by atoms with E-state index in [1.165, 1.54) is 0 Å². The van der Waals surface area contributed by atoms with Gasteiger partial charge in [-0.25, -0.2) is 0 Å². The van der Waals surface area contributed by atoms with Crippen LogP contribution in [0.5, 0.6) is 0 Å². The number of nitrogens with zero attached hydrogens (tertiary/aromatic N) is 1. The molecular weight excluding hydrogens is 508 g/mol. The maximum absolute atomic E-state index is 14.0. The van der Waals surface area contributed by atoms with Crippen molar-refractivity contribution in [2.45, 2.75) is 6.92 Å². The first-order valence-corrected chi connectivity index (χ1v) is 12.0. The standard InChI is InChI=1S/C28H17Cl4NO/c1-16-5-14-24-21(15-16)25(17-6-10-19(29)11-7-17)26(18-8-12-20(30)13-9-18)28(33(24)34)27-22(31)3-2-4-23(27)32/h2-15H,1H3. The minimum atomic E-state index is 0.374. The molecule has 5 aromatic rings. The molecule has 4 aromatic carbocycles. The minimum Gasteiger partial charge on any atom is -0.618 e. The lowest BCUT2D eigenvalue weighted by molar-refractivity contribution is -0.564. The van der Waals surface area contributed by atoms with Crippen molar-refractivity contribution in [3.05, 3.63) is 116 Å². The van der Waals surface area contributed by atoms with Gasteiger partial charge in [0.25, 0.3) is 0 Å². The van der Waals surface area contributed by atoms with Gasteiger partial charge in [0.05, 0.1) is 26.6 Å². The molecule has 0 fully saturated rings. The summed E-state index contributed by atoms with van der Waals surface area (Å²) in [7, 11) is 0. The van der Waals surface area contributed by atoms with Crippen molar-refractivity contribution in [1.82, 2.24) is 0 Å². The van der Waals surface area contributed by atoms with Crippen molar-refractivity contribution in [2.75, 3.05) is 0 Å². The molecule has 0 aliphatic heterocycles. The van der Waals surface area contributed by atoms with E-state index in [2.05, 4.69) is 0 Å². The molecule has 0 atom stereocenters. The van der Waals surface area contributed by atoms with Crippen LogP contribution in [0.4, 0.5) is 0 Å². The minimum absolute atomic E-state index is 0.374. The third-order valence-corrected chi connectivity index (χ3v) is 6.93. The lowest BCUT2D eigenvalue weighted by Gasteiger charge is -2.20. The van der Waals surface area contributed by atoms with E-state index in [0.29, 0.717) is 42.4 Å². The van der Waals surface area contributed by atoms with E-state index < -0.39 is 0 Å². The Morgan fingerprint density at radius 3 is 1.71 bits per heavy atom. The van der Waals surface area contributed by atoms with Gasteiger partial charge in [-0.3, -0.25) is 0 Å². The number of hydrogen-bond acceptors (Lipinski definition) is 1. The Bertz CT molecular complexity index is 1520. The fourth-order valence-electron chi connectivity index (χ4n) is 4.27. The van der Waals surface area contributed by atoms with E-state index in [4.69, 9.17) is 46.4 Å². The average Bonchev–Trinajstić information content (AvgIpc) is 2.81.